The fourth-order valence-corrected chi connectivity index (χ4v) is 2.58. The zero-order valence-electron chi connectivity index (χ0n) is 15.2. The van der Waals surface area contributed by atoms with Crippen molar-refractivity contribution in [2.45, 2.75) is 13.8 Å². The maximum absolute atomic E-state index is 12.7. The Bertz CT molecular complexity index is 779. The molecule has 1 N–H and O–H groups in total. The third-order valence-corrected chi connectivity index (χ3v) is 3.82. The van der Waals surface area contributed by atoms with Gasteiger partial charge in [0.15, 0.2) is 11.5 Å². The Labute approximate surface area is 158 Å². The number of methoxy groups -OCH3 is 2. The zero-order chi connectivity index (χ0) is 19.1. The number of hydrogen-bond donors (Lipinski definition) is 1. The molecule has 0 fully saturated rings. The molecule has 0 aromatic heterocycles. The quantitative estimate of drug-likeness (QED) is 0.736. The minimum Gasteiger partial charge on any atom is -0.495 e. The molecule has 7 heteroatoms. The highest BCUT2D eigenvalue weighted by Crippen LogP contribution is 2.36. The van der Waals surface area contributed by atoms with Crippen LogP contribution in [0.4, 0.5) is 5.69 Å². The predicted octanol–water partition coefficient (Wildman–Crippen LogP) is 4.41. The van der Waals surface area contributed by atoms with Gasteiger partial charge >= 0.3 is 0 Å². The molecule has 0 aliphatic rings. The molecule has 0 spiro atoms. The SMILES string of the molecule is CCOc1ccc(C(=O)Nc2cc(OC)c(Cl)cc2OC)cc1OCC. The molecule has 0 saturated heterocycles. The van der Waals surface area contributed by atoms with Crippen molar-refractivity contribution in [1.82, 2.24) is 0 Å². The highest BCUT2D eigenvalue weighted by atomic mass is 35.5. The summed E-state index contributed by atoms with van der Waals surface area (Å²) in [6.45, 7) is 4.73. The van der Waals surface area contributed by atoms with E-state index in [2.05, 4.69) is 5.32 Å². The molecule has 0 radical (unpaired) electrons. The van der Waals surface area contributed by atoms with Crippen LogP contribution in [0.15, 0.2) is 30.3 Å². The van der Waals surface area contributed by atoms with Gasteiger partial charge in [0.05, 0.1) is 38.1 Å². The fourth-order valence-electron chi connectivity index (χ4n) is 2.34. The third kappa shape index (κ3) is 4.52. The van der Waals surface area contributed by atoms with Gasteiger partial charge in [0.2, 0.25) is 0 Å². The van der Waals surface area contributed by atoms with E-state index in [-0.39, 0.29) is 5.91 Å². The van der Waals surface area contributed by atoms with Crippen LogP contribution in [0.3, 0.4) is 0 Å². The van der Waals surface area contributed by atoms with Crippen LogP contribution in [0.2, 0.25) is 5.02 Å². The van der Waals surface area contributed by atoms with Crippen molar-refractivity contribution >= 4 is 23.2 Å². The molecule has 0 atom stereocenters. The topological polar surface area (TPSA) is 66.0 Å². The first kappa shape index (κ1) is 19.7. The normalized spacial score (nSPS) is 10.2. The van der Waals surface area contributed by atoms with Crippen LogP contribution in [0.25, 0.3) is 0 Å². The Morgan fingerprint density at radius 2 is 1.58 bits per heavy atom. The molecule has 140 valence electrons. The van der Waals surface area contributed by atoms with Crippen LogP contribution in [0.5, 0.6) is 23.0 Å². The van der Waals surface area contributed by atoms with Crippen molar-refractivity contribution in [2.24, 2.45) is 0 Å². The maximum Gasteiger partial charge on any atom is 0.255 e. The smallest absolute Gasteiger partial charge is 0.255 e. The number of anilines is 1. The molecule has 6 nitrogen and oxygen atoms in total. The predicted molar refractivity (Wildman–Crippen MR) is 101 cm³/mol. The van der Waals surface area contributed by atoms with Gasteiger partial charge in [-0.2, -0.15) is 0 Å². The molecule has 0 aliphatic carbocycles. The number of carbonyl (C=O) groups is 1. The molecule has 0 saturated carbocycles. The molecule has 0 bridgehead atoms. The van der Waals surface area contributed by atoms with Crippen molar-refractivity contribution in [3.05, 3.63) is 40.9 Å². The summed E-state index contributed by atoms with van der Waals surface area (Å²) in [6, 6.07) is 8.21. The highest BCUT2D eigenvalue weighted by molar-refractivity contribution is 6.32. The maximum atomic E-state index is 12.7. The summed E-state index contributed by atoms with van der Waals surface area (Å²) in [5, 5.41) is 3.19. The highest BCUT2D eigenvalue weighted by Gasteiger charge is 2.16. The van der Waals surface area contributed by atoms with Gasteiger partial charge in [-0.25, -0.2) is 0 Å². The first-order chi connectivity index (χ1) is 12.5. The van der Waals surface area contributed by atoms with E-state index in [0.29, 0.717) is 52.5 Å². The van der Waals surface area contributed by atoms with E-state index in [1.807, 2.05) is 13.8 Å². The molecule has 26 heavy (non-hydrogen) atoms. The van der Waals surface area contributed by atoms with Gasteiger partial charge in [-0.15, -0.1) is 0 Å². The van der Waals surface area contributed by atoms with Crippen molar-refractivity contribution < 1.29 is 23.7 Å². The molecule has 0 aliphatic heterocycles. The number of amides is 1. The number of hydrogen-bond acceptors (Lipinski definition) is 5. The van der Waals surface area contributed by atoms with Gasteiger partial charge < -0.3 is 24.3 Å². The minimum atomic E-state index is -0.323. The van der Waals surface area contributed by atoms with Crippen molar-refractivity contribution in [2.75, 3.05) is 32.8 Å². The van der Waals surface area contributed by atoms with Gasteiger partial charge in [-0.05, 0) is 32.0 Å². The summed E-state index contributed by atoms with van der Waals surface area (Å²) in [7, 11) is 3.00. The summed E-state index contributed by atoms with van der Waals surface area (Å²) in [5.74, 6) is 1.65. The summed E-state index contributed by atoms with van der Waals surface area (Å²) in [6.07, 6.45) is 0. The second-order valence-electron chi connectivity index (χ2n) is 5.17. The van der Waals surface area contributed by atoms with Gasteiger partial charge in [0.25, 0.3) is 5.91 Å². The number of rotatable bonds is 8. The number of ether oxygens (including phenoxy) is 4. The number of halogens is 1. The second-order valence-corrected chi connectivity index (χ2v) is 5.58. The first-order valence-corrected chi connectivity index (χ1v) is 8.54. The van der Waals surface area contributed by atoms with Crippen LogP contribution in [0.1, 0.15) is 24.2 Å². The van der Waals surface area contributed by atoms with E-state index in [4.69, 9.17) is 30.5 Å². The van der Waals surface area contributed by atoms with Crippen molar-refractivity contribution in [3.63, 3.8) is 0 Å². The Kier molecular flexibility index (Phi) is 6.97. The second kappa shape index (κ2) is 9.20. The minimum absolute atomic E-state index is 0.323. The molecule has 2 aromatic rings. The lowest BCUT2D eigenvalue weighted by Crippen LogP contribution is -2.13. The Morgan fingerprint density at radius 1 is 0.923 bits per heavy atom. The van der Waals surface area contributed by atoms with Crippen LogP contribution < -0.4 is 24.3 Å². The van der Waals surface area contributed by atoms with Gasteiger partial charge in [0, 0.05) is 17.7 Å². The lowest BCUT2D eigenvalue weighted by atomic mass is 10.1. The number of benzene rings is 2. The van der Waals surface area contributed by atoms with Crippen LogP contribution >= 0.6 is 11.6 Å². The third-order valence-electron chi connectivity index (χ3n) is 3.53. The molecule has 0 unspecified atom stereocenters. The average molecular weight is 380 g/mol. The number of nitrogens with one attached hydrogen (secondary N) is 1. The van der Waals surface area contributed by atoms with Crippen molar-refractivity contribution in [1.29, 1.82) is 0 Å². The first-order valence-electron chi connectivity index (χ1n) is 8.16. The summed E-state index contributed by atoms with van der Waals surface area (Å²) < 4.78 is 21.5. The average Bonchev–Trinajstić information content (AvgIpc) is 2.64. The van der Waals surface area contributed by atoms with E-state index < -0.39 is 0 Å². The Morgan fingerprint density at radius 3 is 2.19 bits per heavy atom. The summed E-state index contributed by atoms with van der Waals surface area (Å²) in [4.78, 5) is 12.7. The summed E-state index contributed by atoms with van der Waals surface area (Å²) in [5.41, 5.74) is 0.874. The lowest BCUT2D eigenvalue weighted by molar-refractivity contribution is 0.102. The molecule has 2 aromatic carbocycles. The van der Waals surface area contributed by atoms with Crippen LogP contribution in [0, 0.1) is 0 Å². The fraction of sp³-hybridized carbons (Fsp3) is 0.316. The molecular formula is C19H22ClNO5. The van der Waals surface area contributed by atoms with E-state index in [9.17, 15) is 4.79 Å². The van der Waals surface area contributed by atoms with E-state index >= 15 is 0 Å². The monoisotopic (exact) mass is 379 g/mol. The standard InChI is InChI=1S/C19H22ClNO5/c1-5-25-15-8-7-12(9-18(15)26-6-2)19(22)21-14-11-16(23-3)13(20)10-17(14)24-4/h7-11H,5-6H2,1-4H3,(H,21,22). The Hall–Kier alpha value is -2.60. The van der Waals surface area contributed by atoms with Crippen molar-refractivity contribution in [3.8, 4) is 23.0 Å². The zero-order valence-corrected chi connectivity index (χ0v) is 16.0. The lowest BCUT2D eigenvalue weighted by Gasteiger charge is -2.15. The summed E-state index contributed by atoms with van der Waals surface area (Å²) >= 11 is 6.09. The molecular weight excluding hydrogens is 358 g/mol. The van der Waals surface area contributed by atoms with Gasteiger partial charge in [-0.3, -0.25) is 4.79 Å². The molecule has 0 heterocycles. The van der Waals surface area contributed by atoms with Crippen LogP contribution in [-0.2, 0) is 0 Å². The largest absolute Gasteiger partial charge is 0.495 e. The van der Waals surface area contributed by atoms with E-state index in [1.54, 1.807) is 30.3 Å². The Balaban J connectivity index is 2.31. The molecule has 1 amide bonds. The molecule has 2 rings (SSSR count). The van der Waals surface area contributed by atoms with Crippen LogP contribution in [-0.4, -0.2) is 33.3 Å². The van der Waals surface area contributed by atoms with E-state index in [1.165, 1.54) is 14.2 Å². The number of carbonyl (C=O) groups excluding carboxylic acids is 1. The van der Waals surface area contributed by atoms with Gasteiger partial charge in [-0.1, -0.05) is 11.6 Å². The van der Waals surface area contributed by atoms with E-state index in [0.717, 1.165) is 0 Å². The van der Waals surface area contributed by atoms with Gasteiger partial charge in [0.1, 0.15) is 11.5 Å².